The standard InChI is InChI=1S/C19H19N3OS/c1-14-13-22(19(23)20-15-7-3-2-4-8-15)17-10-6-5-9-16(17)21-11-12-24-18(14)21/h2-12,14,18H,13H2,1H3,(H,20,23). The molecule has 2 unspecified atom stereocenters. The van der Waals surface area contributed by atoms with Crippen LogP contribution in [-0.2, 0) is 0 Å². The van der Waals surface area contributed by atoms with Crippen molar-refractivity contribution < 1.29 is 4.79 Å². The number of carbonyl (C=O) groups is 1. The van der Waals surface area contributed by atoms with Crippen molar-refractivity contribution >= 4 is 34.9 Å². The van der Waals surface area contributed by atoms with Gasteiger partial charge in [0.2, 0.25) is 0 Å². The molecule has 2 atom stereocenters. The van der Waals surface area contributed by atoms with Crippen LogP contribution in [0, 0.1) is 5.92 Å². The zero-order chi connectivity index (χ0) is 16.5. The molecular weight excluding hydrogens is 318 g/mol. The van der Waals surface area contributed by atoms with Crippen LogP contribution >= 0.6 is 11.8 Å². The molecule has 24 heavy (non-hydrogen) atoms. The number of nitrogens with zero attached hydrogens (tertiary/aromatic N) is 2. The maximum Gasteiger partial charge on any atom is 0.326 e. The number of urea groups is 1. The summed E-state index contributed by atoms with van der Waals surface area (Å²) in [7, 11) is 0. The van der Waals surface area contributed by atoms with Gasteiger partial charge in [-0.3, -0.25) is 4.90 Å². The monoisotopic (exact) mass is 337 g/mol. The van der Waals surface area contributed by atoms with E-state index in [2.05, 4.69) is 34.8 Å². The van der Waals surface area contributed by atoms with Gasteiger partial charge in [0, 0.05) is 24.4 Å². The van der Waals surface area contributed by atoms with E-state index in [4.69, 9.17) is 0 Å². The van der Waals surface area contributed by atoms with E-state index in [0.29, 0.717) is 17.8 Å². The zero-order valence-corrected chi connectivity index (χ0v) is 14.2. The molecule has 0 fully saturated rings. The molecule has 4 rings (SSSR count). The van der Waals surface area contributed by atoms with E-state index in [1.807, 2.05) is 65.2 Å². The molecule has 0 saturated carbocycles. The molecule has 2 heterocycles. The Morgan fingerprint density at radius 3 is 2.58 bits per heavy atom. The molecule has 5 heteroatoms. The number of nitrogens with one attached hydrogen (secondary N) is 1. The van der Waals surface area contributed by atoms with E-state index in [1.54, 1.807) is 0 Å². The summed E-state index contributed by atoms with van der Waals surface area (Å²) < 4.78 is 0. The molecule has 0 spiro atoms. The number of rotatable bonds is 1. The largest absolute Gasteiger partial charge is 0.333 e. The van der Waals surface area contributed by atoms with Crippen molar-refractivity contribution in [2.75, 3.05) is 21.7 Å². The van der Waals surface area contributed by atoms with Gasteiger partial charge >= 0.3 is 6.03 Å². The average molecular weight is 337 g/mol. The van der Waals surface area contributed by atoms with Gasteiger partial charge in [0.1, 0.15) is 0 Å². The summed E-state index contributed by atoms with van der Waals surface area (Å²) in [5.41, 5.74) is 2.84. The van der Waals surface area contributed by atoms with Crippen molar-refractivity contribution in [2.24, 2.45) is 5.92 Å². The summed E-state index contributed by atoms with van der Waals surface area (Å²) >= 11 is 1.82. The van der Waals surface area contributed by atoms with Gasteiger partial charge in [-0.25, -0.2) is 4.79 Å². The van der Waals surface area contributed by atoms with Gasteiger partial charge in [-0.1, -0.05) is 37.3 Å². The number of para-hydroxylation sites is 3. The van der Waals surface area contributed by atoms with Crippen molar-refractivity contribution in [2.45, 2.75) is 12.3 Å². The van der Waals surface area contributed by atoms with Crippen LogP contribution in [-0.4, -0.2) is 17.9 Å². The predicted octanol–water partition coefficient (Wildman–Crippen LogP) is 4.73. The van der Waals surface area contributed by atoms with Gasteiger partial charge in [-0.15, -0.1) is 11.8 Å². The lowest BCUT2D eigenvalue weighted by atomic mass is 10.1. The lowest BCUT2D eigenvalue weighted by molar-refractivity contribution is 0.256. The molecule has 122 valence electrons. The highest BCUT2D eigenvalue weighted by Crippen LogP contribution is 2.43. The molecule has 2 aliphatic rings. The summed E-state index contributed by atoms with van der Waals surface area (Å²) in [5.74, 6) is 0.346. The molecule has 0 aromatic heterocycles. The SMILES string of the molecule is CC1CN(C(=O)Nc2ccccc2)c2ccccc2N2C=CSC12. The van der Waals surface area contributed by atoms with Crippen molar-refractivity contribution in [1.29, 1.82) is 0 Å². The Bertz CT molecular complexity index is 777. The number of thioether (sulfide) groups is 1. The minimum atomic E-state index is -0.0874. The second-order valence-electron chi connectivity index (χ2n) is 6.09. The number of carbonyl (C=O) groups excluding carboxylic acids is 1. The second kappa shape index (κ2) is 6.24. The molecule has 2 aromatic carbocycles. The molecule has 0 saturated heterocycles. The smallest absolute Gasteiger partial charge is 0.326 e. The van der Waals surface area contributed by atoms with E-state index in [9.17, 15) is 4.79 Å². The summed E-state index contributed by atoms with van der Waals surface area (Å²) in [6, 6.07) is 17.6. The number of benzene rings is 2. The lowest BCUT2D eigenvalue weighted by Crippen LogP contribution is -2.39. The van der Waals surface area contributed by atoms with Crippen molar-refractivity contribution in [1.82, 2.24) is 0 Å². The number of anilines is 3. The average Bonchev–Trinajstić information content (AvgIpc) is 3.06. The topological polar surface area (TPSA) is 35.6 Å². The Morgan fingerprint density at radius 2 is 1.79 bits per heavy atom. The van der Waals surface area contributed by atoms with E-state index >= 15 is 0 Å². The molecule has 2 aromatic rings. The number of hydrogen-bond donors (Lipinski definition) is 1. The molecule has 2 amide bonds. The predicted molar refractivity (Wildman–Crippen MR) is 101 cm³/mol. The molecular formula is C19H19N3OS. The first-order valence-corrected chi connectivity index (χ1v) is 9.01. The zero-order valence-electron chi connectivity index (χ0n) is 13.4. The van der Waals surface area contributed by atoms with Crippen LogP contribution in [0.25, 0.3) is 0 Å². The van der Waals surface area contributed by atoms with Crippen LogP contribution < -0.4 is 15.1 Å². The maximum atomic E-state index is 12.9. The Kier molecular flexibility index (Phi) is 3.94. The summed E-state index contributed by atoms with van der Waals surface area (Å²) in [6.07, 6.45) is 2.11. The van der Waals surface area contributed by atoms with Crippen molar-refractivity contribution in [3.63, 3.8) is 0 Å². The fourth-order valence-corrected chi connectivity index (χ4v) is 4.28. The molecule has 1 N–H and O–H groups in total. The first kappa shape index (κ1) is 15.1. The van der Waals surface area contributed by atoms with E-state index in [1.165, 1.54) is 0 Å². The first-order valence-electron chi connectivity index (χ1n) is 8.07. The van der Waals surface area contributed by atoms with Gasteiger partial charge in [0.05, 0.1) is 16.7 Å². The van der Waals surface area contributed by atoms with Crippen LogP contribution in [0.4, 0.5) is 21.9 Å². The van der Waals surface area contributed by atoms with Crippen LogP contribution in [0.15, 0.2) is 66.2 Å². The first-order chi connectivity index (χ1) is 11.7. The summed E-state index contributed by atoms with van der Waals surface area (Å²) in [5, 5.41) is 5.48. The molecule has 4 nitrogen and oxygen atoms in total. The van der Waals surface area contributed by atoms with Gasteiger partial charge < -0.3 is 10.2 Å². The van der Waals surface area contributed by atoms with Crippen LogP contribution in [0.1, 0.15) is 6.92 Å². The minimum absolute atomic E-state index is 0.0874. The fourth-order valence-electron chi connectivity index (χ4n) is 3.25. The second-order valence-corrected chi connectivity index (χ2v) is 7.12. The highest BCUT2D eigenvalue weighted by molar-refractivity contribution is 8.03. The third kappa shape index (κ3) is 2.65. The van der Waals surface area contributed by atoms with E-state index in [0.717, 1.165) is 17.1 Å². The Hall–Kier alpha value is -2.40. The molecule has 0 radical (unpaired) electrons. The Morgan fingerprint density at radius 1 is 1.08 bits per heavy atom. The maximum absolute atomic E-state index is 12.9. The van der Waals surface area contributed by atoms with Gasteiger partial charge in [-0.2, -0.15) is 0 Å². The number of fused-ring (bicyclic) bond motifs is 3. The van der Waals surface area contributed by atoms with Gasteiger partial charge in [0.15, 0.2) is 0 Å². The van der Waals surface area contributed by atoms with Gasteiger partial charge in [0.25, 0.3) is 0 Å². The lowest BCUT2D eigenvalue weighted by Gasteiger charge is -2.26. The highest BCUT2D eigenvalue weighted by atomic mass is 32.2. The van der Waals surface area contributed by atoms with E-state index < -0.39 is 0 Å². The molecule has 0 aliphatic carbocycles. The van der Waals surface area contributed by atoms with E-state index in [-0.39, 0.29) is 6.03 Å². The van der Waals surface area contributed by atoms with Crippen molar-refractivity contribution in [3.8, 4) is 0 Å². The number of amides is 2. The van der Waals surface area contributed by atoms with Crippen molar-refractivity contribution in [3.05, 3.63) is 66.2 Å². The molecule has 2 aliphatic heterocycles. The summed E-state index contributed by atoms with van der Waals surface area (Å²) in [6.45, 7) is 2.89. The normalized spacial score (nSPS) is 21.9. The van der Waals surface area contributed by atoms with Gasteiger partial charge in [-0.05, 0) is 29.7 Å². The third-order valence-electron chi connectivity index (χ3n) is 4.39. The Labute approximate surface area is 146 Å². The summed E-state index contributed by atoms with van der Waals surface area (Å²) in [4.78, 5) is 17.1. The van der Waals surface area contributed by atoms with Crippen LogP contribution in [0.3, 0.4) is 0 Å². The highest BCUT2D eigenvalue weighted by Gasteiger charge is 2.35. The van der Waals surface area contributed by atoms with Crippen LogP contribution in [0.5, 0.6) is 0 Å². The minimum Gasteiger partial charge on any atom is -0.333 e. The Balaban J connectivity index is 1.69. The quantitative estimate of drug-likeness (QED) is 0.817. The van der Waals surface area contributed by atoms with Crippen LogP contribution in [0.2, 0.25) is 0 Å². The molecule has 0 bridgehead atoms. The number of hydrogen-bond acceptors (Lipinski definition) is 3. The third-order valence-corrected chi connectivity index (χ3v) is 5.64. The fraction of sp³-hybridized carbons (Fsp3) is 0.211.